The molecule has 6 fully saturated rings. The van der Waals surface area contributed by atoms with Gasteiger partial charge in [0.25, 0.3) is 0 Å². The van der Waals surface area contributed by atoms with Crippen molar-refractivity contribution < 1.29 is 28.8 Å². The molecule has 392 valence electrons. The van der Waals surface area contributed by atoms with Gasteiger partial charge in [0.2, 0.25) is 5.91 Å². The van der Waals surface area contributed by atoms with Crippen LogP contribution in [0.3, 0.4) is 0 Å². The zero-order chi connectivity index (χ0) is 51.1. The lowest BCUT2D eigenvalue weighted by Gasteiger charge is -2.47. The third-order valence-electron chi connectivity index (χ3n) is 18.1. The van der Waals surface area contributed by atoms with Crippen LogP contribution in [0.15, 0.2) is 0 Å². The van der Waals surface area contributed by atoms with Crippen molar-refractivity contribution in [3.05, 3.63) is 0 Å². The molecule has 0 aromatic carbocycles. The minimum absolute atomic E-state index is 0. The lowest BCUT2D eigenvalue weighted by Crippen LogP contribution is -2.44. The molecular formula is C60H111NO6. The molecule has 0 aromatic rings. The molecular weight excluding hydrogens is 831 g/mol. The summed E-state index contributed by atoms with van der Waals surface area (Å²) in [5.41, 5.74) is 0.570. The van der Waals surface area contributed by atoms with Crippen molar-refractivity contribution in [1.82, 2.24) is 4.90 Å². The van der Waals surface area contributed by atoms with Gasteiger partial charge in [-0.3, -0.25) is 28.8 Å². The third-order valence-corrected chi connectivity index (χ3v) is 18.1. The van der Waals surface area contributed by atoms with Crippen LogP contribution >= 0.6 is 0 Å². The van der Waals surface area contributed by atoms with Crippen molar-refractivity contribution in [2.75, 3.05) is 13.1 Å². The van der Waals surface area contributed by atoms with E-state index < -0.39 is 0 Å². The zero-order valence-corrected chi connectivity index (χ0v) is 46.9. The molecule has 0 spiro atoms. The van der Waals surface area contributed by atoms with Crippen molar-refractivity contribution in [1.29, 1.82) is 0 Å². The molecule has 5 aliphatic carbocycles. The Morgan fingerprint density at radius 3 is 1.39 bits per heavy atom. The summed E-state index contributed by atoms with van der Waals surface area (Å²) in [5.74, 6) is 11.0. The van der Waals surface area contributed by atoms with E-state index in [0.29, 0.717) is 75.7 Å². The van der Waals surface area contributed by atoms with Crippen LogP contribution in [-0.4, -0.2) is 52.8 Å². The summed E-state index contributed by atoms with van der Waals surface area (Å²) in [5, 5.41) is 0. The number of likely N-dealkylation sites (tertiary alicyclic amines) is 1. The molecule has 7 nitrogen and oxygen atoms in total. The van der Waals surface area contributed by atoms with Crippen molar-refractivity contribution in [3.63, 3.8) is 0 Å². The van der Waals surface area contributed by atoms with Gasteiger partial charge in [0, 0.05) is 48.1 Å². The second-order valence-corrected chi connectivity index (χ2v) is 25.2. The van der Waals surface area contributed by atoms with E-state index in [9.17, 15) is 28.8 Å². The number of hydrogen-bond acceptors (Lipinski definition) is 6. The topological polar surface area (TPSA) is 106 Å². The van der Waals surface area contributed by atoms with E-state index in [1.54, 1.807) is 34.6 Å². The number of carbonyl (C=O) groups is 6. The molecule has 6 rings (SSSR count). The first-order valence-electron chi connectivity index (χ1n) is 27.2. The Labute approximate surface area is 415 Å². The molecule has 5 saturated carbocycles. The fourth-order valence-corrected chi connectivity index (χ4v) is 11.1. The Balaban J connectivity index is 0.000000778. The predicted octanol–water partition coefficient (Wildman–Crippen LogP) is 15.5. The average Bonchev–Trinajstić information content (AvgIpc) is 3.80. The maximum Gasteiger partial charge on any atom is 0.222 e. The number of amides is 1. The van der Waals surface area contributed by atoms with Gasteiger partial charge < -0.3 is 4.90 Å². The Morgan fingerprint density at radius 1 is 0.597 bits per heavy atom. The number of hydrogen-bond donors (Lipinski definition) is 0. The minimum atomic E-state index is 0. The van der Waals surface area contributed by atoms with E-state index >= 15 is 0 Å². The van der Waals surface area contributed by atoms with Gasteiger partial charge >= 0.3 is 0 Å². The van der Waals surface area contributed by atoms with Crippen LogP contribution in [0.5, 0.6) is 0 Å². The highest BCUT2D eigenvalue weighted by molar-refractivity contribution is 5.84. The maximum absolute atomic E-state index is 11.3. The summed E-state index contributed by atoms with van der Waals surface area (Å²) in [7, 11) is 0. The molecule has 1 amide bonds. The number of ketones is 5. The number of Topliss-reactive ketones (excluding diaryl/α,β-unsaturated/α-hetero) is 5. The molecule has 0 bridgehead atoms. The molecule has 7 heteroatoms. The molecule has 1 saturated heterocycles. The number of carbonyl (C=O) groups excluding carboxylic acids is 6. The van der Waals surface area contributed by atoms with Crippen LogP contribution in [0.4, 0.5) is 0 Å². The van der Waals surface area contributed by atoms with E-state index in [-0.39, 0.29) is 18.3 Å². The highest BCUT2D eigenvalue weighted by Crippen LogP contribution is 2.52. The van der Waals surface area contributed by atoms with Gasteiger partial charge in [0.15, 0.2) is 0 Å². The summed E-state index contributed by atoms with van der Waals surface area (Å²) in [4.78, 5) is 68.5. The Bertz CT molecular complexity index is 1510. The number of rotatable bonds is 14. The third kappa shape index (κ3) is 20.2. The Kier molecular flexibility index (Phi) is 28.3. The molecule has 2 unspecified atom stereocenters. The van der Waals surface area contributed by atoms with Crippen LogP contribution in [0.2, 0.25) is 0 Å². The standard InChI is InChI=1S/C11H20O.3C10H18O.C9H17NO.C9H16O.CH4/c1-5-11(9(4)12)6-10(7-11)8(2)3;1-7(2)10(4)5-9(6-10)8(3)11;1-7(2)9-5-10(4,6-9)8(3)11;1-7(2)9-5-4-6-10(9)8(3)11;1-8(2)5-7-10-6-3-4-9(10)11;1-6(2)8-4-9(5-8)7(3)10;/h8,10H,5-7H2,1-4H3;2*7,9H,5-6H2,1-4H3;7,9-10H,4-6H2,1-3H3;8H,3-7H2,1-2H3;6,8-9H,4-5H2,1-3H3;1H4. The van der Waals surface area contributed by atoms with Crippen molar-refractivity contribution in [3.8, 4) is 0 Å². The lowest BCUT2D eigenvalue weighted by atomic mass is 9.56. The van der Waals surface area contributed by atoms with E-state index in [0.717, 1.165) is 138 Å². The largest absolute Gasteiger partial charge is 0.343 e. The highest BCUT2D eigenvalue weighted by Gasteiger charge is 2.47. The first-order chi connectivity index (χ1) is 30.4. The fourth-order valence-electron chi connectivity index (χ4n) is 11.1. The first-order valence-corrected chi connectivity index (χ1v) is 27.2. The van der Waals surface area contributed by atoms with Crippen molar-refractivity contribution >= 4 is 34.8 Å². The quantitative estimate of drug-likeness (QED) is 0.172. The van der Waals surface area contributed by atoms with Gasteiger partial charge in [-0.25, -0.2) is 0 Å². The SMILES string of the molecule is C.CC(=O)C1(C)CC(C(C)C)C1.CC(=O)C1CC(C(C)C)C1.CC(=O)C1CC(C)(C(C)C)C1.CC(=O)C1CCCC1C(C)C.CC(C)CCN1CCCC1=O.CCC1(C(C)=O)CC(C(C)C)C1. The summed E-state index contributed by atoms with van der Waals surface area (Å²) in [6.45, 7) is 43.9. The summed E-state index contributed by atoms with van der Waals surface area (Å²) in [6, 6.07) is 0. The lowest BCUT2D eigenvalue weighted by molar-refractivity contribution is -0.136. The minimum Gasteiger partial charge on any atom is -0.343 e. The molecule has 0 radical (unpaired) electrons. The molecule has 67 heavy (non-hydrogen) atoms. The Morgan fingerprint density at radius 2 is 1.07 bits per heavy atom. The van der Waals surface area contributed by atoms with E-state index in [2.05, 4.69) is 104 Å². The molecule has 0 N–H and O–H groups in total. The fraction of sp³-hybridized carbons (Fsp3) is 0.900. The van der Waals surface area contributed by atoms with Crippen molar-refractivity contribution in [2.45, 2.75) is 242 Å². The smallest absolute Gasteiger partial charge is 0.222 e. The van der Waals surface area contributed by atoms with Crippen LogP contribution in [0.25, 0.3) is 0 Å². The normalized spacial score (nSPS) is 31.3. The first kappa shape index (κ1) is 64.8. The average molecular weight is 943 g/mol. The van der Waals surface area contributed by atoms with E-state index in [4.69, 9.17) is 0 Å². The van der Waals surface area contributed by atoms with Crippen molar-refractivity contribution in [2.24, 2.45) is 93.2 Å². The van der Waals surface area contributed by atoms with Gasteiger partial charge in [-0.05, 0) is 183 Å². The highest BCUT2D eigenvalue weighted by atomic mass is 16.2. The molecule has 0 aromatic heterocycles. The second kappa shape index (κ2) is 29.2. The summed E-state index contributed by atoms with van der Waals surface area (Å²) >= 11 is 0. The van der Waals surface area contributed by atoms with Gasteiger partial charge in [-0.2, -0.15) is 0 Å². The predicted molar refractivity (Wildman–Crippen MR) is 284 cm³/mol. The molecule has 1 aliphatic heterocycles. The van der Waals surface area contributed by atoms with E-state index in [1.165, 1.54) is 12.8 Å². The van der Waals surface area contributed by atoms with Crippen LogP contribution in [0.1, 0.15) is 242 Å². The summed E-state index contributed by atoms with van der Waals surface area (Å²) < 4.78 is 0. The monoisotopic (exact) mass is 942 g/mol. The zero-order valence-electron chi connectivity index (χ0n) is 46.9. The van der Waals surface area contributed by atoms with Gasteiger partial charge in [-0.15, -0.1) is 0 Å². The van der Waals surface area contributed by atoms with Gasteiger partial charge in [0.05, 0.1) is 0 Å². The Hall–Kier alpha value is -2.18. The molecule has 6 aliphatic rings. The molecule has 1 heterocycles. The van der Waals surface area contributed by atoms with Crippen LogP contribution in [-0.2, 0) is 28.8 Å². The van der Waals surface area contributed by atoms with E-state index in [1.807, 2.05) is 4.90 Å². The van der Waals surface area contributed by atoms with Crippen LogP contribution in [0, 0.1) is 93.2 Å². The maximum atomic E-state index is 11.3. The molecule has 2 atom stereocenters. The van der Waals surface area contributed by atoms with Crippen LogP contribution < -0.4 is 0 Å². The van der Waals surface area contributed by atoms with Gasteiger partial charge in [0.1, 0.15) is 28.9 Å². The number of nitrogens with zero attached hydrogens (tertiary/aromatic N) is 1. The second-order valence-electron chi connectivity index (χ2n) is 25.2. The van der Waals surface area contributed by atoms with Gasteiger partial charge in [-0.1, -0.05) is 118 Å². The summed E-state index contributed by atoms with van der Waals surface area (Å²) in [6.07, 6.45) is 16.7.